The van der Waals surface area contributed by atoms with Crippen LogP contribution in [0.5, 0.6) is 5.75 Å². The zero-order chi connectivity index (χ0) is 9.97. The number of hydrogen-bond acceptors (Lipinski definition) is 1. The monoisotopic (exact) mass is 198 g/mol. The molecule has 1 aliphatic rings. The minimum Gasteiger partial charge on any atom is -0.488 e. The first-order valence-electron chi connectivity index (χ1n) is 4.76. The van der Waals surface area contributed by atoms with Crippen molar-refractivity contribution in [3.05, 3.63) is 29.8 Å². The minimum absolute atomic E-state index is 0.523. The molecule has 0 saturated heterocycles. The summed E-state index contributed by atoms with van der Waals surface area (Å²) in [4.78, 5) is 0. The molecule has 0 atom stereocenters. The van der Waals surface area contributed by atoms with E-state index in [1.165, 1.54) is 18.4 Å². The molecule has 0 bridgehead atoms. The third kappa shape index (κ3) is 2.44. The molecule has 0 unspecified atom stereocenters. The summed E-state index contributed by atoms with van der Waals surface area (Å²) in [6.07, 6.45) is 0.0900. The maximum Gasteiger partial charge on any atom is 0.272 e. The number of hydrogen-bond donors (Lipinski definition) is 0. The fourth-order valence-corrected chi connectivity index (χ4v) is 1.41. The zero-order valence-electron chi connectivity index (χ0n) is 7.75. The zero-order valence-corrected chi connectivity index (χ0v) is 7.75. The summed E-state index contributed by atoms with van der Waals surface area (Å²) in [6, 6.07) is 7.43. The smallest absolute Gasteiger partial charge is 0.272 e. The molecule has 0 amide bonds. The Bertz CT molecular complexity index is 291. The summed E-state index contributed by atoms with van der Waals surface area (Å²) < 4.78 is 28.5. The van der Waals surface area contributed by atoms with E-state index in [1.54, 1.807) is 12.1 Å². The second-order valence-electron chi connectivity index (χ2n) is 3.55. The molecule has 1 nitrogen and oxygen atoms in total. The van der Waals surface area contributed by atoms with Crippen LogP contribution in [0.2, 0.25) is 0 Å². The van der Waals surface area contributed by atoms with Crippen LogP contribution in [0.4, 0.5) is 8.78 Å². The van der Waals surface area contributed by atoms with Gasteiger partial charge in [-0.2, -0.15) is 0 Å². The van der Waals surface area contributed by atoms with Crippen molar-refractivity contribution in [2.75, 3.05) is 6.61 Å². The molecule has 0 aliphatic heterocycles. The largest absolute Gasteiger partial charge is 0.488 e. The van der Waals surface area contributed by atoms with Crippen molar-refractivity contribution in [2.24, 2.45) is 0 Å². The van der Waals surface area contributed by atoms with Crippen LogP contribution in [-0.4, -0.2) is 13.0 Å². The van der Waals surface area contributed by atoms with E-state index in [1.807, 2.05) is 12.1 Å². The van der Waals surface area contributed by atoms with Crippen molar-refractivity contribution in [3.8, 4) is 5.75 Å². The van der Waals surface area contributed by atoms with Crippen LogP contribution >= 0.6 is 0 Å². The molecule has 0 heterocycles. The van der Waals surface area contributed by atoms with Gasteiger partial charge < -0.3 is 4.74 Å². The number of halogens is 2. The number of alkyl halides is 2. The third-order valence-corrected chi connectivity index (χ3v) is 2.30. The lowest BCUT2D eigenvalue weighted by Crippen LogP contribution is -2.06. The average Bonchev–Trinajstić information content (AvgIpc) is 2.99. The van der Waals surface area contributed by atoms with Gasteiger partial charge in [-0.3, -0.25) is 0 Å². The molecule has 14 heavy (non-hydrogen) atoms. The van der Waals surface area contributed by atoms with Gasteiger partial charge in [-0.1, -0.05) is 12.1 Å². The number of ether oxygens (including phenoxy) is 1. The summed E-state index contributed by atoms with van der Waals surface area (Å²) in [5, 5.41) is 0. The summed E-state index contributed by atoms with van der Waals surface area (Å²) in [5.74, 6) is 1.22. The Kier molecular flexibility index (Phi) is 2.66. The van der Waals surface area contributed by atoms with Crippen molar-refractivity contribution in [1.82, 2.24) is 0 Å². The quantitative estimate of drug-likeness (QED) is 0.721. The highest BCUT2D eigenvalue weighted by Crippen LogP contribution is 2.40. The van der Waals surface area contributed by atoms with Gasteiger partial charge in [0.25, 0.3) is 6.43 Å². The van der Waals surface area contributed by atoms with Crippen LogP contribution in [0, 0.1) is 0 Å². The lowest BCUT2D eigenvalue weighted by molar-refractivity contribution is 0.0819. The first-order valence-corrected chi connectivity index (χ1v) is 4.76. The van der Waals surface area contributed by atoms with E-state index >= 15 is 0 Å². The van der Waals surface area contributed by atoms with E-state index in [9.17, 15) is 8.78 Å². The molecule has 1 aromatic carbocycles. The molecular weight excluding hydrogens is 186 g/mol. The molecule has 1 fully saturated rings. The molecule has 1 aromatic rings. The van der Waals surface area contributed by atoms with Gasteiger partial charge in [-0.15, -0.1) is 0 Å². The fourth-order valence-electron chi connectivity index (χ4n) is 1.41. The third-order valence-electron chi connectivity index (χ3n) is 2.30. The summed E-state index contributed by atoms with van der Waals surface area (Å²) in [7, 11) is 0. The second-order valence-corrected chi connectivity index (χ2v) is 3.55. The molecule has 0 N–H and O–H groups in total. The SMILES string of the molecule is FC(F)COc1ccc(C2CC2)cc1. The van der Waals surface area contributed by atoms with Gasteiger partial charge in [0.1, 0.15) is 12.4 Å². The van der Waals surface area contributed by atoms with Crippen LogP contribution < -0.4 is 4.74 Å². The Morgan fingerprint density at radius 1 is 1.21 bits per heavy atom. The van der Waals surface area contributed by atoms with Crippen LogP contribution in [0.25, 0.3) is 0 Å². The highest BCUT2D eigenvalue weighted by atomic mass is 19.3. The van der Waals surface area contributed by atoms with E-state index in [-0.39, 0.29) is 0 Å². The molecule has 0 aromatic heterocycles. The van der Waals surface area contributed by atoms with Crippen molar-refractivity contribution < 1.29 is 13.5 Å². The van der Waals surface area contributed by atoms with Crippen LogP contribution in [0.3, 0.4) is 0 Å². The first kappa shape index (κ1) is 9.44. The Hall–Kier alpha value is -1.12. The highest BCUT2D eigenvalue weighted by molar-refractivity contribution is 5.31. The standard InChI is InChI=1S/C11H12F2O/c12-11(13)7-14-10-5-3-9(4-6-10)8-1-2-8/h3-6,8,11H,1-2,7H2. The maximum absolute atomic E-state index is 11.8. The van der Waals surface area contributed by atoms with Gasteiger partial charge in [0.15, 0.2) is 0 Å². The van der Waals surface area contributed by atoms with Crippen molar-refractivity contribution in [1.29, 1.82) is 0 Å². The Morgan fingerprint density at radius 3 is 2.36 bits per heavy atom. The molecule has 1 saturated carbocycles. The van der Waals surface area contributed by atoms with Crippen LogP contribution in [0.1, 0.15) is 24.3 Å². The lowest BCUT2D eigenvalue weighted by Gasteiger charge is -2.05. The van der Waals surface area contributed by atoms with Gasteiger partial charge in [-0.05, 0) is 36.5 Å². The van der Waals surface area contributed by atoms with Crippen LogP contribution in [-0.2, 0) is 0 Å². The Morgan fingerprint density at radius 2 is 1.86 bits per heavy atom. The first-order chi connectivity index (χ1) is 6.75. The molecule has 0 radical (unpaired) electrons. The molecule has 1 aliphatic carbocycles. The van der Waals surface area contributed by atoms with Gasteiger partial charge in [0, 0.05) is 0 Å². The Balaban J connectivity index is 1.92. The Labute approximate surface area is 81.7 Å². The topological polar surface area (TPSA) is 9.23 Å². The highest BCUT2D eigenvalue weighted by Gasteiger charge is 2.22. The van der Waals surface area contributed by atoms with E-state index in [0.717, 1.165) is 0 Å². The van der Waals surface area contributed by atoms with Gasteiger partial charge >= 0.3 is 0 Å². The van der Waals surface area contributed by atoms with Crippen LogP contribution in [0.15, 0.2) is 24.3 Å². The van der Waals surface area contributed by atoms with E-state index in [2.05, 4.69) is 0 Å². The number of benzene rings is 1. The van der Waals surface area contributed by atoms with Gasteiger partial charge in [-0.25, -0.2) is 8.78 Å². The fraction of sp³-hybridized carbons (Fsp3) is 0.455. The lowest BCUT2D eigenvalue weighted by atomic mass is 10.1. The molecule has 0 spiro atoms. The molecule has 2 rings (SSSR count). The molecule has 76 valence electrons. The minimum atomic E-state index is -2.40. The molecular formula is C11H12F2O. The second kappa shape index (κ2) is 3.95. The summed E-state index contributed by atoms with van der Waals surface area (Å²) in [6.45, 7) is -0.525. The van der Waals surface area contributed by atoms with Crippen molar-refractivity contribution in [2.45, 2.75) is 25.2 Å². The summed E-state index contributed by atoms with van der Waals surface area (Å²) >= 11 is 0. The van der Waals surface area contributed by atoms with E-state index in [4.69, 9.17) is 4.74 Å². The van der Waals surface area contributed by atoms with E-state index < -0.39 is 13.0 Å². The van der Waals surface area contributed by atoms with Crippen molar-refractivity contribution >= 4 is 0 Å². The average molecular weight is 198 g/mol. The number of rotatable bonds is 4. The normalized spacial score (nSPS) is 15.9. The molecule has 3 heteroatoms. The van der Waals surface area contributed by atoms with Gasteiger partial charge in [0.05, 0.1) is 0 Å². The van der Waals surface area contributed by atoms with Crippen molar-refractivity contribution in [3.63, 3.8) is 0 Å². The maximum atomic E-state index is 11.8. The van der Waals surface area contributed by atoms with Gasteiger partial charge in [0.2, 0.25) is 0 Å². The van der Waals surface area contributed by atoms with E-state index in [0.29, 0.717) is 11.7 Å². The summed E-state index contributed by atoms with van der Waals surface area (Å²) in [5.41, 5.74) is 1.29. The predicted octanol–water partition coefficient (Wildman–Crippen LogP) is 3.21. The predicted molar refractivity (Wildman–Crippen MR) is 49.9 cm³/mol.